The van der Waals surface area contributed by atoms with Crippen LogP contribution in [0.4, 0.5) is 11.5 Å². The molecule has 2 aliphatic rings. The highest BCUT2D eigenvalue weighted by molar-refractivity contribution is 5.95. The minimum atomic E-state index is 0.0446. The van der Waals surface area contributed by atoms with Crippen LogP contribution < -0.4 is 11.1 Å². The number of rotatable bonds is 4. The molecular weight excluding hydrogens is 318 g/mol. The Bertz CT molecular complexity index is 788. The van der Waals surface area contributed by atoms with Gasteiger partial charge in [0.2, 0.25) is 0 Å². The van der Waals surface area contributed by atoms with Crippen molar-refractivity contribution in [1.82, 2.24) is 14.7 Å². The van der Waals surface area contributed by atoms with Crippen LogP contribution in [0.2, 0.25) is 0 Å². The fraction of sp³-hybridized carbons (Fsp3) is 0.444. The summed E-state index contributed by atoms with van der Waals surface area (Å²) in [6, 6.07) is 7.73. The molecule has 4 rings (SSSR count). The Balaban J connectivity index is 1.56. The number of hydrogen-bond donors (Lipinski definition) is 2. The summed E-state index contributed by atoms with van der Waals surface area (Å²) < 4.78 is 7.31. The van der Waals surface area contributed by atoms with E-state index in [9.17, 15) is 4.79 Å². The van der Waals surface area contributed by atoms with Gasteiger partial charge >= 0.3 is 0 Å². The Labute approximate surface area is 146 Å². The molecule has 0 bridgehead atoms. The zero-order valence-electron chi connectivity index (χ0n) is 14.3. The number of methoxy groups -OCH3 is 1. The second-order valence-corrected chi connectivity index (χ2v) is 6.72. The number of ether oxygens (including phenoxy) is 1. The first kappa shape index (κ1) is 16.0. The molecule has 1 fully saturated rings. The van der Waals surface area contributed by atoms with E-state index >= 15 is 0 Å². The first-order valence-electron chi connectivity index (χ1n) is 8.63. The number of nitrogens with one attached hydrogen (secondary N) is 1. The molecule has 1 amide bonds. The van der Waals surface area contributed by atoms with E-state index in [1.54, 1.807) is 17.9 Å². The van der Waals surface area contributed by atoms with E-state index in [2.05, 4.69) is 10.4 Å². The molecule has 132 valence electrons. The third-order valence-electron chi connectivity index (χ3n) is 5.09. The molecule has 7 nitrogen and oxygen atoms in total. The van der Waals surface area contributed by atoms with Gasteiger partial charge in [-0.25, -0.2) is 0 Å². The smallest absolute Gasteiger partial charge is 0.254 e. The molecule has 2 atom stereocenters. The van der Waals surface area contributed by atoms with E-state index < -0.39 is 0 Å². The lowest BCUT2D eigenvalue weighted by molar-refractivity contribution is 0.0679. The maximum Gasteiger partial charge on any atom is 0.254 e. The Morgan fingerprint density at radius 3 is 3.08 bits per heavy atom. The van der Waals surface area contributed by atoms with Gasteiger partial charge in [-0.05, 0) is 42.7 Å². The fourth-order valence-electron chi connectivity index (χ4n) is 3.76. The number of aromatic nitrogens is 2. The van der Waals surface area contributed by atoms with Crippen LogP contribution in [0.15, 0.2) is 30.5 Å². The van der Waals surface area contributed by atoms with Crippen LogP contribution in [0.3, 0.4) is 0 Å². The third kappa shape index (κ3) is 3.07. The molecule has 2 aliphatic heterocycles. The molecule has 3 N–H and O–H groups in total. The predicted molar refractivity (Wildman–Crippen MR) is 95.5 cm³/mol. The molecule has 0 spiro atoms. The number of fused-ring (bicyclic) bond motifs is 1. The molecule has 0 unspecified atom stereocenters. The maximum absolute atomic E-state index is 13.1. The summed E-state index contributed by atoms with van der Waals surface area (Å²) in [5, 5.41) is 7.57. The van der Waals surface area contributed by atoms with Crippen LogP contribution >= 0.6 is 0 Å². The second-order valence-electron chi connectivity index (χ2n) is 6.72. The number of benzene rings is 1. The van der Waals surface area contributed by atoms with Crippen LogP contribution in [0.5, 0.6) is 0 Å². The van der Waals surface area contributed by atoms with E-state index in [1.807, 2.05) is 29.3 Å². The summed E-state index contributed by atoms with van der Waals surface area (Å²) in [6.07, 6.45) is 3.67. The summed E-state index contributed by atoms with van der Waals surface area (Å²) in [4.78, 5) is 15.0. The van der Waals surface area contributed by atoms with Gasteiger partial charge < -0.3 is 20.7 Å². The van der Waals surface area contributed by atoms with E-state index in [4.69, 9.17) is 10.5 Å². The van der Waals surface area contributed by atoms with E-state index in [-0.39, 0.29) is 18.1 Å². The molecule has 1 aromatic heterocycles. The lowest BCUT2D eigenvalue weighted by Gasteiger charge is -2.24. The zero-order valence-corrected chi connectivity index (χ0v) is 14.3. The fourth-order valence-corrected chi connectivity index (χ4v) is 3.76. The molecule has 0 saturated carbocycles. The monoisotopic (exact) mass is 341 g/mol. The maximum atomic E-state index is 13.1. The molecule has 1 aromatic carbocycles. The Morgan fingerprint density at radius 1 is 1.44 bits per heavy atom. The van der Waals surface area contributed by atoms with Crippen molar-refractivity contribution in [1.29, 1.82) is 0 Å². The number of nitrogens with zero attached hydrogens (tertiary/aromatic N) is 3. The molecule has 2 aromatic rings. The Kier molecular flexibility index (Phi) is 4.09. The first-order valence-corrected chi connectivity index (χ1v) is 8.63. The van der Waals surface area contributed by atoms with Crippen molar-refractivity contribution in [3.63, 3.8) is 0 Å². The summed E-state index contributed by atoms with van der Waals surface area (Å²) in [5.41, 5.74) is 8.79. The van der Waals surface area contributed by atoms with Gasteiger partial charge in [0.15, 0.2) is 0 Å². The molecule has 0 radical (unpaired) electrons. The third-order valence-corrected chi connectivity index (χ3v) is 5.09. The van der Waals surface area contributed by atoms with Crippen molar-refractivity contribution in [2.75, 3.05) is 31.2 Å². The highest BCUT2D eigenvalue weighted by Crippen LogP contribution is 2.27. The lowest BCUT2D eigenvalue weighted by atomic mass is 10.1. The largest absolute Gasteiger partial charge is 0.384 e. The van der Waals surface area contributed by atoms with Crippen LogP contribution in [0.25, 0.3) is 0 Å². The summed E-state index contributed by atoms with van der Waals surface area (Å²) in [6.45, 7) is 2.16. The molecular formula is C18H23N5O2. The van der Waals surface area contributed by atoms with E-state index in [1.165, 1.54) is 5.56 Å². The molecule has 3 heterocycles. The molecule has 0 aliphatic carbocycles. The number of likely N-dealkylation sites (tertiary alicyclic amines) is 1. The van der Waals surface area contributed by atoms with Crippen molar-refractivity contribution < 1.29 is 9.53 Å². The standard InChI is InChI=1S/C18H23N5O2/c1-25-15-9-14(10-22-7-5-17(19)21-22)23(11-15)18(24)13-2-3-16-12(8-13)4-6-20-16/h2-3,5,7-8,14-15,20H,4,6,9-11H2,1H3,(H2,19,21)/t14-,15-/m0/s1. The summed E-state index contributed by atoms with van der Waals surface area (Å²) in [7, 11) is 1.70. The van der Waals surface area contributed by atoms with Crippen LogP contribution in [-0.4, -0.2) is 52.9 Å². The highest BCUT2D eigenvalue weighted by atomic mass is 16.5. The van der Waals surface area contributed by atoms with Crippen molar-refractivity contribution >= 4 is 17.4 Å². The number of nitrogens with two attached hydrogens (primary N) is 1. The van der Waals surface area contributed by atoms with Crippen LogP contribution in [-0.2, 0) is 17.7 Å². The van der Waals surface area contributed by atoms with E-state index in [0.29, 0.717) is 18.9 Å². The number of anilines is 2. The van der Waals surface area contributed by atoms with Crippen LogP contribution in [0, 0.1) is 0 Å². The van der Waals surface area contributed by atoms with Gasteiger partial charge in [0.1, 0.15) is 5.82 Å². The van der Waals surface area contributed by atoms with Gasteiger partial charge in [0, 0.05) is 37.6 Å². The molecule has 25 heavy (non-hydrogen) atoms. The predicted octanol–water partition coefficient (Wildman–Crippen LogP) is 1.36. The quantitative estimate of drug-likeness (QED) is 0.877. The van der Waals surface area contributed by atoms with E-state index in [0.717, 1.165) is 30.6 Å². The SMILES string of the molecule is CO[C@H]1C[C@@H](Cn2ccc(N)n2)N(C(=O)c2ccc3c(c2)CCN3)C1. The van der Waals surface area contributed by atoms with Gasteiger partial charge in [-0.1, -0.05) is 0 Å². The Morgan fingerprint density at radius 2 is 2.32 bits per heavy atom. The van der Waals surface area contributed by atoms with Gasteiger partial charge in [-0.3, -0.25) is 9.48 Å². The number of amides is 1. The van der Waals surface area contributed by atoms with Crippen molar-refractivity contribution in [3.05, 3.63) is 41.6 Å². The van der Waals surface area contributed by atoms with Crippen LogP contribution in [0.1, 0.15) is 22.3 Å². The molecule has 1 saturated heterocycles. The zero-order chi connectivity index (χ0) is 17.4. The minimum absolute atomic E-state index is 0.0446. The topological polar surface area (TPSA) is 85.4 Å². The number of nitrogen functional groups attached to an aromatic ring is 1. The highest BCUT2D eigenvalue weighted by Gasteiger charge is 2.36. The number of hydrogen-bond acceptors (Lipinski definition) is 5. The summed E-state index contributed by atoms with van der Waals surface area (Å²) in [5.74, 6) is 0.546. The first-order chi connectivity index (χ1) is 12.1. The van der Waals surface area contributed by atoms with Gasteiger partial charge in [-0.2, -0.15) is 5.10 Å². The average molecular weight is 341 g/mol. The minimum Gasteiger partial charge on any atom is -0.384 e. The van der Waals surface area contributed by atoms with Crippen molar-refractivity contribution in [2.45, 2.75) is 31.5 Å². The van der Waals surface area contributed by atoms with Gasteiger partial charge in [0.25, 0.3) is 5.91 Å². The molecule has 7 heteroatoms. The normalized spacial score (nSPS) is 22.0. The number of carbonyl (C=O) groups is 1. The van der Waals surface area contributed by atoms with Crippen molar-refractivity contribution in [3.8, 4) is 0 Å². The summed E-state index contributed by atoms with van der Waals surface area (Å²) >= 11 is 0. The number of carbonyl (C=O) groups excluding carboxylic acids is 1. The van der Waals surface area contributed by atoms with Gasteiger partial charge in [-0.15, -0.1) is 0 Å². The second kappa shape index (κ2) is 6.40. The average Bonchev–Trinajstić information content (AvgIpc) is 3.33. The van der Waals surface area contributed by atoms with Gasteiger partial charge in [0.05, 0.1) is 18.7 Å². The Hall–Kier alpha value is -2.54. The van der Waals surface area contributed by atoms with Crippen molar-refractivity contribution in [2.24, 2.45) is 0 Å². The lowest BCUT2D eigenvalue weighted by Crippen LogP contribution is -2.38.